The molecule has 2 aliphatic rings. The van der Waals surface area contributed by atoms with Crippen molar-refractivity contribution < 1.29 is 9.90 Å². The predicted molar refractivity (Wildman–Crippen MR) is 65.6 cm³/mol. The summed E-state index contributed by atoms with van der Waals surface area (Å²) in [5.41, 5.74) is 1.06. The number of aromatic nitrogens is 2. The summed E-state index contributed by atoms with van der Waals surface area (Å²) in [4.78, 5) is 14.1. The van der Waals surface area contributed by atoms with E-state index in [1.165, 1.54) is 12.8 Å². The van der Waals surface area contributed by atoms with E-state index in [9.17, 15) is 9.90 Å². The molecule has 1 aromatic heterocycles. The lowest BCUT2D eigenvalue weighted by Crippen LogP contribution is -2.41. The number of nitrogens with zero attached hydrogens (tertiary/aromatic N) is 3. The third-order valence-corrected chi connectivity index (χ3v) is 3.94. The summed E-state index contributed by atoms with van der Waals surface area (Å²) in [5, 5.41) is 13.7. The van der Waals surface area contributed by atoms with Gasteiger partial charge in [-0.05, 0) is 31.2 Å². The number of aryl methyl sites for hydroxylation is 1. The second-order valence-electron chi connectivity index (χ2n) is 5.34. The van der Waals surface area contributed by atoms with Gasteiger partial charge in [-0.25, -0.2) is 0 Å². The average Bonchev–Trinajstić information content (AvgIpc) is 3.10. The van der Waals surface area contributed by atoms with E-state index >= 15 is 0 Å². The molecule has 5 nitrogen and oxygen atoms in total. The molecule has 3 rings (SSSR count). The Morgan fingerprint density at radius 3 is 3.00 bits per heavy atom. The molecule has 98 valence electrons. The van der Waals surface area contributed by atoms with Crippen LogP contribution < -0.4 is 0 Å². The minimum atomic E-state index is -0.0575. The maximum Gasteiger partial charge on any atom is 0.223 e. The minimum absolute atomic E-state index is 0.0429. The van der Waals surface area contributed by atoms with E-state index in [0.29, 0.717) is 18.9 Å². The quantitative estimate of drug-likeness (QED) is 0.861. The fourth-order valence-corrected chi connectivity index (χ4v) is 2.59. The molecule has 0 spiro atoms. The SMILES string of the molecule is O=C(CC1CC1)N1Cc2ccnn2CC[C@H]1CO. The molecular formula is C13H19N3O2. The van der Waals surface area contributed by atoms with Crippen LogP contribution in [-0.2, 0) is 17.9 Å². The van der Waals surface area contributed by atoms with Crippen LogP contribution in [0.5, 0.6) is 0 Å². The summed E-state index contributed by atoms with van der Waals surface area (Å²) in [6.07, 6.45) is 5.56. The molecular weight excluding hydrogens is 230 g/mol. The summed E-state index contributed by atoms with van der Waals surface area (Å²) >= 11 is 0. The zero-order valence-corrected chi connectivity index (χ0v) is 10.5. The third kappa shape index (κ3) is 2.27. The Morgan fingerprint density at radius 1 is 1.44 bits per heavy atom. The summed E-state index contributed by atoms with van der Waals surface area (Å²) in [6.45, 7) is 1.40. The number of carbonyl (C=O) groups excluding carboxylic acids is 1. The van der Waals surface area contributed by atoms with E-state index in [2.05, 4.69) is 5.10 Å². The van der Waals surface area contributed by atoms with Crippen molar-refractivity contribution in [1.82, 2.24) is 14.7 Å². The van der Waals surface area contributed by atoms with Crippen LogP contribution in [0, 0.1) is 5.92 Å². The molecule has 0 saturated heterocycles. The van der Waals surface area contributed by atoms with Gasteiger partial charge in [-0.15, -0.1) is 0 Å². The van der Waals surface area contributed by atoms with Crippen molar-refractivity contribution in [3.63, 3.8) is 0 Å². The summed E-state index contributed by atoms with van der Waals surface area (Å²) in [7, 11) is 0. The predicted octanol–water partition coefficient (Wildman–Crippen LogP) is 0.776. The molecule has 5 heteroatoms. The van der Waals surface area contributed by atoms with Gasteiger partial charge in [-0.2, -0.15) is 5.10 Å². The summed E-state index contributed by atoms with van der Waals surface area (Å²) < 4.78 is 1.94. The van der Waals surface area contributed by atoms with E-state index in [-0.39, 0.29) is 18.6 Å². The Hall–Kier alpha value is -1.36. The first-order chi connectivity index (χ1) is 8.78. The Bertz CT molecular complexity index is 439. The standard InChI is InChI=1S/C13H19N3O2/c17-9-12-4-6-16-11(3-5-14-16)8-15(12)13(18)7-10-1-2-10/h3,5,10,12,17H,1-2,4,6-9H2/t12-/m0/s1. The zero-order valence-electron chi connectivity index (χ0n) is 10.5. The molecule has 1 fully saturated rings. The van der Waals surface area contributed by atoms with Crippen molar-refractivity contribution in [2.24, 2.45) is 5.92 Å². The Balaban J connectivity index is 1.77. The van der Waals surface area contributed by atoms with Gasteiger partial charge in [0.25, 0.3) is 0 Å². The highest BCUT2D eigenvalue weighted by Gasteiger charge is 2.31. The van der Waals surface area contributed by atoms with Crippen LogP contribution in [0.25, 0.3) is 0 Å². The monoisotopic (exact) mass is 249 g/mol. The molecule has 1 atom stereocenters. The maximum atomic E-state index is 12.3. The lowest BCUT2D eigenvalue weighted by Gasteiger charge is -2.28. The van der Waals surface area contributed by atoms with Crippen molar-refractivity contribution in [3.05, 3.63) is 18.0 Å². The number of carbonyl (C=O) groups is 1. The number of aliphatic hydroxyl groups excluding tert-OH is 1. The van der Waals surface area contributed by atoms with E-state index in [0.717, 1.165) is 18.7 Å². The van der Waals surface area contributed by atoms with Crippen molar-refractivity contribution in [3.8, 4) is 0 Å². The summed E-state index contributed by atoms with van der Waals surface area (Å²) in [6, 6.07) is 1.90. The van der Waals surface area contributed by atoms with Gasteiger partial charge in [-0.1, -0.05) is 0 Å². The molecule has 18 heavy (non-hydrogen) atoms. The number of hydrogen-bond donors (Lipinski definition) is 1. The first-order valence-corrected chi connectivity index (χ1v) is 6.69. The smallest absolute Gasteiger partial charge is 0.223 e. The van der Waals surface area contributed by atoms with Crippen LogP contribution in [-0.4, -0.2) is 38.3 Å². The maximum absolute atomic E-state index is 12.3. The van der Waals surface area contributed by atoms with Gasteiger partial charge < -0.3 is 10.0 Å². The van der Waals surface area contributed by atoms with Crippen LogP contribution in [0.3, 0.4) is 0 Å². The normalized spacial score (nSPS) is 23.6. The molecule has 1 aromatic rings. The van der Waals surface area contributed by atoms with Gasteiger partial charge in [0.15, 0.2) is 0 Å². The molecule has 0 unspecified atom stereocenters. The second kappa shape index (κ2) is 4.72. The first-order valence-electron chi connectivity index (χ1n) is 6.69. The van der Waals surface area contributed by atoms with E-state index in [1.54, 1.807) is 6.20 Å². The topological polar surface area (TPSA) is 58.4 Å². The highest BCUT2D eigenvalue weighted by Crippen LogP contribution is 2.33. The van der Waals surface area contributed by atoms with Gasteiger partial charge in [-0.3, -0.25) is 9.48 Å². The zero-order chi connectivity index (χ0) is 12.5. The molecule has 1 aliphatic carbocycles. The fraction of sp³-hybridized carbons (Fsp3) is 0.692. The van der Waals surface area contributed by atoms with Gasteiger partial charge in [0.1, 0.15) is 0 Å². The molecule has 0 aromatic carbocycles. The molecule has 1 aliphatic heterocycles. The number of aliphatic hydroxyl groups is 1. The molecule has 1 saturated carbocycles. The largest absolute Gasteiger partial charge is 0.394 e. The number of amides is 1. The van der Waals surface area contributed by atoms with E-state index < -0.39 is 0 Å². The lowest BCUT2D eigenvalue weighted by atomic mass is 10.1. The van der Waals surface area contributed by atoms with Crippen molar-refractivity contribution in [2.45, 2.75) is 44.8 Å². The van der Waals surface area contributed by atoms with Crippen LogP contribution in [0.4, 0.5) is 0 Å². The lowest BCUT2D eigenvalue weighted by molar-refractivity contribution is -0.135. The Kier molecular flexibility index (Phi) is 3.07. The fourth-order valence-electron chi connectivity index (χ4n) is 2.59. The van der Waals surface area contributed by atoms with Gasteiger partial charge in [0.2, 0.25) is 5.91 Å². The minimum Gasteiger partial charge on any atom is -0.394 e. The molecule has 1 amide bonds. The van der Waals surface area contributed by atoms with Gasteiger partial charge >= 0.3 is 0 Å². The van der Waals surface area contributed by atoms with Crippen LogP contribution in [0.2, 0.25) is 0 Å². The third-order valence-electron chi connectivity index (χ3n) is 3.94. The number of fused-ring (bicyclic) bond motifs is 1. The second-order valence-corrected chi connectivity index (χ2v) is 5.34. The highest BCUT2D eigenvalue weighted by molar-refractivity contribution is 5.77. The van der Waals surface area contributed by atoms with Crippen LogP contribution in [0.15, 0.2) is 12.3 Å². The highest BCUT2D eigenvalue weighted by atomic mass is 16.3. The molecule has 0 bridgehead atoms. The van der Waals surface area contributed by atoms with Crippen molar-refractivity contribution in [1.29, 1.82) is 0 Å². The first kappa shape index (κ1) is 11.7. The van der Waals surface area contributed by atoms with Gasteiger partial charge in [0, 0.05) is 19.2 Å². The molecule has 2 heterocycles. The van der Waals surface area contributed by atoms with Crippen molar-refractivity contribution >= 4 is 5.91 Å². The molecule has 1 N–H and O–H groups in total. The van der Waals surface area contributed by atoms with Crippen LogP contribution in [0.1, 0.15) is 31.4 Å². The Labute approximate surface area is 106 Å². The molecule has 0 radical (unpaired) electrons. The van der Waals surface area contributed by atoms with E-state index in [1.807, 2.05) is 15.6 Å². The number of hydrogen-bond acceptors (Lipinski definition) is 3. The number of rotatable bonds is 3. The van der Waals surface area contributed by atoms with Crippen molar-refractivity contribution in [2.75, 3.05) is 6.61 Å². The summed E-state index contributed by atoms with van der Waals surface area (Å²) in [5.74, 6) is 0.774. The average molecular weight is 249 g/mol. The Morgan fingerprint density at radius 2 is 2.28 bits per heavy atom. The van der Waals surface area contributed by atoms with Gasteiger partial charge in [0.05, 0.1) is 24.9 Å². The van der Waals surface area contributed by atoms with Crippen LogP contribution >= 0.6 is 0 Å². The van der Waals surface area contributed by atoms with E-state index in [4.69, 9.17) is 0 Å².